The Labute approximate surface area is 161 Å². The van der Waals surface area contributed by atoms with Crippen molar-refractivity contribution in [3.8, 4) is 11.4 Å². The summed E-state index contributed by atoms with van der Waals surface area (Å²) in [4.78, 5) is 32.0. The number of rotatable bonds is 5. The van der Waals surface area contributed by atoms with E-state index >= 15 is 0 Å². The average Bonchev–Trinajstić information content (AvgIpc) is 3.20. The summed E-state index contributed by atoms with van der Waals surface area (Å²) in [5.41, 5.74) is 5.36. The zero-order chi connectivity index (χ0) is 19.6. The van der Waals surface area contributed by atoms with Crippen molar-refractivity contribution < 1.29 is 14.3 Å². The maximum Gasteiger partial charge on any atom is 0.339 e. The summed E-state index contributed by atoms with van der Waals surface area (Å²) in [5, 5.41) is 5.51. The van der Waals surface area contributed by atoms with Gasteiger partial charge in [0, 0.05) is 16.8 Å². The van der Waals surface area contributed by atoms with Gasteiger partial charge in [-0.15, -0.1) is 11.3 Å². The molecule has 0 unspecified atom stereocenters. The second-order valence-electron chi connectivity index (χ2n) is 6.28. The maximum absolute atomic E-state index is 12.3. The molecule has 1 amide bonds. The summed E-state index contributed by atoms with van der Waals surface area (Å²) in [6.45, 7) is 5.63. The molecule has 7 heteroatoms. The van der Waals surface area contributed by atoms with Crippen LogP contribution in [0.5, 0.6) is 0 Å². The molecule has 0 saturated carbocycles. The van der Waals surface area contributed by atoms with Crippen molar-refractivity contribution in [2.45, 2.75) is 27.2 Å². The van der Waals surface area contributed by atoms with Gasteiger partial charge in [-0.05, 0) is 38.0 Å². The lowest BCUT2D eigenvalue weighted by Crippen LogP contribution is -2.14. The average molecular weight is 383 g/mol. The highest BCUT2D eigenvalue weighted by Gasteiger charge is 2.21. The summed E-state index contributed by atoms with van der Waals surface area (Å²) in [6.07, 6.45) is 0.196. The number of nitrogens with one attached hydrogen (secondary N) is 2. The molecule has 0 bridgehead atoms. The van der Waals surface area contributed by atoms with Gasteiger partial charge in [0.05, 0.1) is 30.5 Å². The van der Waals surface area contributed by atoms with E-state index in [0.29, 0.717) is 10.6 Å². The lowest BCUT2D eigenvalue weighted by molar-refractivity contribution is -0.115. The Hall–Kier alpha value is -2.93. The van der Waals surface area contributed by atoms with Crippen molar-refractivity contribution in [3.63, 3.8) is 0 Å². The first-order chi connectivity index (χ1) is 12.9. The fourth-order valence-electron chi connectivity index (χ4n) is 2.97. The molecular weight excluding hydrogens is 362 g/mol. The van der Waals surface area contributed by atoms with Crippen LogP contribution in [-0.2, 0) is 16.0 Å². The quantitative estimate of drug-likeness (QED) is 0.652. The van der Waals surface area contributed by atoms with E-state index in [1.165, 1.54) is 18.4 Å². The van der Waals surface area contributed by atoms with Gasteiger partial charge in [0.1, 0.15) is 5.01 Å². The minimum atomic E-state index is -0.374. The van der Waals surface area contributed by atoms with Gasteiger partial charge in [-0.2, -0.15) is 0 Å². The van der Waals surface area contributed by atoms with E-state index in [2.05, 4.69) is 15.3 Å². The molecule has 0 aliphatic rings. The van der Waals surface area contributed by atoms with Crippen LogP contribution in [0.4, 0.5) is 5.69 Å². The Morgan fingerprint density at radius 1 is 1.22 bits per heavy atom. The SMILES string of the molecule is COC(=O)c1c(C)[nH]c(-c2csc(CC(=O)Nc3ccccc3C)n2)c1C. The zero-order valence-corrected chi connectivity index (χ0v) is 16.5. The second kappa shape index (κ2) is 7.75. The van der Waals surface area contributed by atoms with E-state index in [0.717, 1.165) is 33.9 Å². The number of esters is 1. The number of methoxy groups -OCH3 is 1. The first kappa shape index (κ1) is 18.8. The molecule has 140 valence electrons. The first-order valence-electron chi connectivity index (χ1n) is 8.48. The van der Waals surface area contributed by atoms with Gasteiger partial charge < -0.3 is 15.0 Å². The second-order valence-corrected chi connectivity index (χ2v) is 7.23. The van der Waals surface area contributed by atoms with Crippen molar-refractivity contribution in [1.29, 1.82) is 0 Å². The lowest BCUT2D eigenvalue weighted by Gasteiger charge is -2.06. The number of carbonyl (C=O) groups excluding carboxylic acids is 2. The van der Waals surface area contributed by atoms with Crippen LogP contribution in [0.15, 0.2) is 29.6 Å². The van der Waals surface area contributed by atoms with Crippen LogP contribution in [0.2, 0.25) is 0 Å². The molecule has 0 radical (unpaired) electrons. The highest BCUT2D eigenvalue weighted by Crippen LogP contribution is 2.29. The van der Waals surface area contributed by atoms with Gasteiger partial charge in [0.15, 0.2) is 0 Å². The number of carbonyl (C=O) groups is 2. The number of para-hydroxylation sites is 1. The van der Waals surface area contributed by atoms with Gasteiger partial charge in [-0.1, -0.05) is 18.2 Å². The van der Waals surface area contributed by atoms with Crippen LogP contribution < -0.4 is 5.32 Å². The number of H-pyrrole nitrogens is 1. The zero-order valence-electron chi connectivity index (χ0n) is 15.7. The summed E-state index contributed by atoms with van der Waals surface area (Å²) in [6, 6.07) is 7.65. The fourth-order valence-corrected chi connectivity index (χ4v) is 3.75. The van der Waals surface area contributed by atoms with Crippen molar-refractivity contribution in [2.24, 2.45) is 0 Å². The molecular formula is C20H21N3O3S. The smallest absolute Gasteiger partial charge is 0.339 e. The van der Waals surface area contributed by atoms with Gasteiger partial charge in [-0.3, -0.25) is 4.79 Å². The number of aryl methyl sites for hydroxylation is 2. The summed E-state index contributed by atoms with van der Waals surface area (Å²) in [7, 11) is 1.36. The van der Waals surface area contributed by atoms with Crippen molar-refractivity contribution >= 4 is 28.9 Å². The third kappa shape index (κ3) is 3.93. The normalized spacial score (nSPS) is 10.7. The number of hydrogen-bond acceptors (Lipinski definition) is 5. The highest BCUT2D eigenvalue weighted by atomic mass is 32.1. The van der Waals surface area contributed by atoms with E-state index < -0.39 is 0 Å². The van der Waals surface area contributed by atoms with E-state index in [9.17, 15) is 9.59 Å². The van der Waals surface area contributed by atoms with Crippen LogP contribution in [0.3, 0.4) is 0 Å². The van der Waals surface area contributed by atoms with Crippen LogP contribution in [0, 0.1) is 20.8 Å². The number of benzene rings is 1. The van der Waals surface area contributed by atoms with Gasteiger partial charge in [0.2, 0.25) is 5.91 Å². The molecule has 0 aliphatic heterocycles. The predicted molar refractivity (Wildman–Crippen MR) is 106 cm³/mol. The number of thiazole rings is 1. The van der Waals surface area contributed by atoms with E-state index in [4.69, 9.17) is 4.74 Å². The van der Waals surface area contributed by atoms with Gasteiger partial charge in [-0.25, -0.2) is 9.78 Å². The molecule has 0 fully saturated rings. The monoisotopic (exact) mass is 383 g/mol. The predicted octanol–water partition coefficient (Wildman–Crippen LogP) is 4.03. The third-order valence-electron chi connectivity index (χ3n) is 4.37. The maximum atomic E-state index is 12.3. The lowest BCUT2D eigenvalue weighted by atomic mass is 10.1. The molecule has 2 aromatic heterocycles. The molecule has 0 atom stereocenters. The molecule has 2 N–H and O–H groups in total. The minimum Gasteiger partial charge on any atom is -0.465 e. The van der Waals surface area contributed by atoms with Crippen LogP contribution in [0.1, 0.15) is 32.2 Å². The molecule has 1 aromatic carbocycles. The Morgan fingerprint density at radius 3 is 2.67 bits per heavy atom. The Balaban J connectivity index is 1.77. The molecule has 27 heavy (non-hydrogen) atoms. The Bertz CT molecular complexity index is 1000. The molecule has 3 aromatic rings. The number of aromatic nitrogens is 2. The molecule has 3 rings (SSSR count). The Kier molecular flexibility index (Phi) is 5.41. The van der Waals surface area contributed by atoms with Gasteiger partial charge in [0.25, 0.3) is 0 Å². The van der Waals surface area contributed by atoms with Crippen LogP contribution >= 0.6 is 11.3 Å². The molecule has 6 nitrogen and oxygen atoms in total. The van der Waals surface area contributed by atoms with Crippen LogP contribution in [0.25, 0.3) is 11.4 Å². The summed E-state index contributed by atoms with van der Waals surface area (Å²) in [5.74, 6) is -0.486. The van der Waals surface area contributed by atoms with E-state index in [1.807, 2.05) is 50.4 Å². The Morgan fingerprint density at radius 2 is 1.96 bits per heavy atom. The van der Waals surface area contributed by atoms with Crippen molar-refractivity contribution in [1.82, 2.24) is 9.97 Å². The van der Waals surface area contributed by atoms with Crippen molar-refractivity contribution in [2.75, 3.05) is 12.4 Å². The standard InChI is InChI=1S/C20H21N3O3S/c1-11-7-5-6-8-14(11)22-16(24)9-17-23-15(10-27-17)19-12(2)18(13(3)21-19)20(25)26-4/h5-8,10,21H,9H2,1-4H3,(H,22,24). The molecule has 0 saturated heterocycles. The number of anilines is 1. The first-order valence-corrected chi connectivity index (χ1v) is 9.36. The highest BCUT2D eigenvalue weighted by molar-refractivity contribution is 7.10. The number of aromatic amines is 1. The topological polar surface area (TPSA) is 84.1 Å². The fraction of sp³-hybridized carbons (Fsp3) is 0.250. The third-order valence-corrected chi connectivity index (χ3v) is 5.21. The van der Waals surface area contributed by atoms with E-state index in [1.54, 1.807) is 0 Å². The van der Waals surface area contributed by atoms with Gasteiger partial charge >= 0.3 is 5.97 Å². The molecule has 2 heterocycles. The van der Waals surface area contributed by atoms with Crippen LogP contribution in [-0.4, -0.2) is 29.0 Å². The minimum absolute atomic E-state index is 0.111. The number of ether oxygens (including phenoxy) is 1. The van der Waals surface area contributed by atoms with Crippen molar-refractivity contribution in [3.05, 3.63) is 57.0 Å². The summed E-state index contributed by atoms with van der Waals surface area (Å²) >= 11 is 1.42. The number of amides is 1. The molecule has 0 aliphatic carbocycles. The number of hydrogen-bond donors (Lipinski definition) is 2. The van der Waals surface area contributed by atoms with E-state index in [-0.39, 0.29) is 18.3 Å². The number of nitrogens with zero attached hydrogens (tertiary/aromatic N) is 1. The largest absolute Gasteiger partial charge is 0.465 e. The summed E-state index contributed by atoms with van der Waals surface area (Å²) < 4.78 is 4.84. The molecule has 0 spiro atoms.